The fourth-order valence-corrected chi connectivity index (χ4v) is 6.80. The molecule has 3 aromatic rings. The number of carbonyl (C=O) groups is 2. The molecule has 1 N–H and O–H groups in total. The van der Waals surface area contributed by atoms with E-state index in [4.69, 9.17) is 23.2 Å². The minimum atomic E-state index is -3.68. The van der Waals surface area contributed by atoms with Gasteiger partial charge in [0.1, 0.15) is 6.04 Å². The molecule has 1 atom stereocenters. The van der Waals surface area contributed by atoms with Crippen LogP contribution < -0.4 is 5.32 Å². The summed E-state index contributed by atoms with van der Waals surface area (Å²) >= 11 is 12.4. The van der Waals surface area contributed by atoms with Gasteiger partial charge in [-0.25, -0.2) is 12.7 Å². The number of hydrogen-bond donors (Lipinski definition) is 1. The lowest BCUT2D eigenvalue weighted by atomic mass is 10.0. The predicted molar refractivity (Wildman–Crippen MR) is 167 cm³/mol. The molecule has 0 spiro atoms. The fraction of sp³-hybridized carbons (Fsp3) is 0.375. The van der Waals surface area contributed by atoms with Crippen LogP contribution in [0, 0.1) is 0 Å². The first-order valence-electron chi connectivity index (χ1n) is 14.2. The van der Waals surface area contributed by atoms with Crippen molar-refractivity contribution in [3.05, 3.63) is 100 Å². The van der Waals surface area contributed by atoms with Crippen molar-refractivity contribution in [1.82, 2.24) is 14.5 Å². The van der Waals surface area contributed by atoms with Gasteiger partial charge in [-0.15, -0.1) is 0 Å². The summed E-state index contributed by atoms with van der Waals surface area (Å²) in [6, 6.07) is 22.3. The maximum atomic E-state index is 13.9. The zero-order valence-corrected chi connectivity index (χ0v) is 26.0. The number of rotatable bonds is 13. The van der Waals surface area contributed by atoms with E-state index in [1.807, 2.05) is 30.3 Å². The Bertz CT molecular complexity index is 1450. The fourth-order valence-electron chi connectivity index (χ4n) is 5.25. The lowest BCUT2D eigenvalue weighted by molar-refractivity contribution is -0.141. The van der Waals surface area contributed by atoms with Crippen LogP contribution in [0.15, 0.2) is 83.8 Å². The maximum Gasteiger partial charge on any atom is 0.243 e. The number of nitrogens with zero attached hydrogens (tertiary/aromatic N) is 2. The molecular weight excluding hydrogens is 593 g/mol. The standard InChI is InChI=1S/C32H37Cl2N3O4S/c1-36(42(40,41)27-15-6-3-7-16-27)20-10-17-31(38)37(23-25-18-19-28(33)29(34)21-25)30(22-24-11-4-2-5-12-24)32(39)35-26-13-8-9-14-26/h2-7,11-12,15-16,18-19,21,26,30H,8-10,13-14,17,20,22-23H2,1H3,(H,35,39)/t30-/m1/s1. The van der Waals surface area contributed by atoms with Crippen LogP contribution >= 0.6 is 23.2 Å². The molecule has 4 rings (SSSR count). The van der Waals surface area contributed by atoms with Gasteiger partial charge in [-0.2, -0.15) is 0 Å². The average molecular weight is 631 g/mol. The second kappa shape index (κ2) is 15.0. The molecule has 0 aromatic heterocycles. The minimum Gasteiger partial charge on any atom is -0.352 e. The quantitative estimate of drug-likeness (QED) is 0.248. The molecule has 224 valence electrons. The van der Waals surface area contributed by atoms with Crippen molar-refractivity contribution in [1.29, 1.82) is 0 Å². The summed E-state index contributed by atoms with van der Waals surface area (Å²) in [7, 11) is -2.17. The van der Waals surface area contributed by atoms with E-state index in [-0.39, 0.29) is 42.3 Å². The van der Waals surface area contributed by atoms with Crippen LogP contribution in [0.25, 0.3) is 0 Å². The normalized spacial score (nSPS) is 14.6. The van der Waals surface area contributed by atoms with Crippen molar-refractivity contribution < 1.29 is 18.0 Å². The van der Waals surface area contributed by atoms with Crippen molar-refractivity contribution in [3.8, 4) is 0 Å². The van der Waals surface area contributed by atoms with Crippen molar-refractivity contribution in [2.24, 2.45) is 0 Å². The molecule has 1 aliphatic carbocycles. The summed E-state index contributed by atoms with van der Waals surface area (Å²) in [6.45, 7) is 0.310. The molecule has 2 amide bonds. The molecule has 0 unspecified atom stereocenters. The second-order valence-electron chi connectivity index (χ2n) is 10.7. The highest BCUT2D eigenvalue weighted by Gasteiger charge is 2.32. The highest BCUT2D eigenvalue weighted by atomic mass is 35.5. The van der Waals surface area contributed by atoms with E-state index in [2.05, 4.69) is 5.32 Å². The molecule has 42 heavy (non-hydrogen) atoms. The van der Waals surface area contributed by atoms with Gasteiger partial charge in [-0.05, 0) is 54.7 Å². The monoisotopic (exact) mass is 629 g/mol. The van der Waals surface area contributed by atoms with E-state index in [9.17, 15) is 18.0 Å². The smallest absolute Gasteiger partial charge is 0.243 e. The first-order chi connectivity index (χ1) is 20.1. The molecule has 0 saturated heterocycles. The predicted octanol–water partition coefficient (Wildman–Crippen LogP) is 6.09. The number of nitrogens with one attached hydrogen (secondary N) is 1. The van der Waals surface area contributed by atoms with Crippen LogP contribution in [0.2, 0.25) is 10.0 Å². The molecule has 0 aliphatic heterocycles. The molecule has 0 radical (unpaired) electrons. The third kappa shape index (κ3) is 8.57. The Morgan fingerprint density at radius 2 is 1.55 bits per heavy atom. The van der Waals surface area contributed by atoms with Gasteiger partial charge in [0, 0.05) is 39.0 Å². The number of halogens is 2. The minimum absolute atomic E-state index is 0.0674. The molecule has 1 aliphatic rings. The number of carbonyl (C=O) groups excluding carboxylic acids is 2. The van der Waals surface area contributed by atoms with Gasteiger partial charge in [-0.1, -0.05) is 90.6 Å². The van der Waals surface area contributed by atoms with E-state index in [1.54, 1.807) is 53.4 Å². The van der Waals surface area contributed by atoms with E-state index in [0.717, 1.165) is 36.8 Å². The molecule has 10 heteroatoms. The van der Waals surface area contributed by atoms with Crippen molar-refractivity contribution in [3.63, 3.8) is 0 Å². The maximum absolute atomic E-state index is 13.9. The Morgan fingerprint density at radius 1 is 0.905 bits per heavy atom. The van der Waals surface area contributed by atoms with E-state index in [0.29, 0.717) is 22.9 Å². The van der Waals surface area contributed by atoms with Gasteiger partial charge in [0.05, 0.1) is 14.9 Å². The highest BCUT2D eigenvalue weighted by molar-refractivity contribution is 7.89. The average Bonchev–Trinajstić information content (AvgIpc) is 3.50. The zero-order chi connectivity index (χ0) is 30.1. The van der Waals surface area contributed by atoms with Crippen LogP contribution in [0.4, 0.5) is 0 Å². The molecular formula is C32H37Cl2N3O4S. The van der Waals surface area contributed by atoms with Crippen molar-refractivity contribution in [2.45, 2.75) is 68.5 Å². The lowest BCUT2D eigenvalue weighted by Gasteiger charge is -2.32. The molecule has 1 saturated carbocycles. The second-order valence-corrected chi connectivity index (χ2v) is 13.6. The Balaban J connectivity index is 1.56. The van der Waals surface area contributed by atoms with Gasteiger partial charge in [-0.3, -0.25) is 9.59 Å². The van der Waals surface area contributed by atoms with Gasteiger partial charge in [0.15, 0.2) is 0 Å². The summed E-state index contributed by atoms with van der Waals surface area (Å²) < 4.78 is 27.2. The number of benzene rings is 3. The van der Waals surface area contributed by atoms with E-state index in [1.165, 1.54) is 11.4 Å². The Kier molecular flexibility index (Phi) is 11.4. The number of amides is 2. The first kappa shape index (κ1) is 32.0. The van der Waals surface area contributed by atoms with Crippen LogP contribution in [0.1, 0.15) is 49.7 Å². The molecule has 0 bridgehead atoms. The number of hydrogen-bond acceptors (Lipinski definition) is 4. The molecule has 7 nitrogen and oxygen atoms in total. The van der Waals surface area contributed by atoms with Crippen molar-refractivity contribution in [2.75, 3.05) is 13.6 Å². The Morgan fingerprint density at radius 3 is 2.19 bits per heavy atom. The summed E-state index contributed by atoms with van der Waals surface area (Å²) in [4.78, 5) is 29.5. The Labute approximate surface area is 258 Å². The van der Waals surface area contributed by atoms with Crippen LogP contribution in [-0.2, 0) is 32.6 Å². The van der Waals surface area contributed by atoms with E-state index < -0.39 is 16.1 Å². The lowest BCUT2D eigenvalue weighted by Crippen LogP contribution is -2.52. The SMILES string of the molecule is CN(CCCC(=O)N(Cc1ccc(Cl)c(Cl)c1)[C@H](Cc1ccccc1)C(=O)NC1CCCC1)S(=O)(=O)c1ccccc1. The summed E-state index contributed by atoms with van der Waals surface area (Å²) in [5.41, 5.74) is 1.68. The van der Waals surface area contributed by atoms with Gasteiger partial charge in [0.2, 0.25) is 21.8 Å². The first-order valence-corrected chi connectivity index (χ1v) is 16.4. The largest absolute Gasteiger partial charge is 0.352 e. The zero-order valence-electron chi connectivity index (χ0n) is 23.7. The number of sulfonamides is 1. The van der Waals surface area contributed by atoms with Crippen LogP contribution in [-0.4, -0.2) is 55.1 Å². The van der Waals surface area contributed by atoms with Crippen molar-refractivity contribution >= 4 is 45.0 Å². The van der Waals surface area contributed by atoms with Gasteiger partial charge in [0.25, 0.3) is 0 Å². The third-order valence-corrected chi connectivity index (χ3v) is 10.2. The third-order valence-electron chi connectivity index (χ3n) is 7.62. The highest BCUT2D eigenvalue weighted by Crippen LogP contribution is 2.25. The molecule has 0 heterocycles. The topological polar surface area (TPSA) is 86.8 Å². The molecule has 1 fully saturated rings. The summed E-state index contributed by atoms with van der Waals surface area (Å²) in [6.07, 6.45) is 4.69. The van der Waals surface area contributed by atoms with Gasteiger partial charge < -0.3 is 10.2 Å². The Hall–Kier alpha value is -2.91. The van der Waals surface area contributed by atoms with Crippen LogP contribution in [0.5, 0.6) is 0 Å². The van der Waals surface area contributed by atoms with E-state index >= 15 is 0 Å². The molecule has 3 aromatic carbocycles. The van der Waals surface area contributed by atoms with Gasteiger partial charge >= 0.3 is 0 Å². The summed E-state index contributed by atoms with van der Waals surface area (Å²) in [5, 5.41) is 3.95. The summed E-state index contributed by atoms with van der Waals surface area (Å²) in [5.74, 6) is -0.433. The van der Waals surface area contributed by atoms with Crippen LogP contribution in [0.3, 0.4) is 0 Å².